The molecule has 112 valence electrons. The molecule has 0 aliphatic heterocycles. The van der Waals surface area contributed by atoms with Gasteiger partial charge in [0, 0.05) is 0 Å². The molecule has 0 fully saturated rings. The van der Waals surface area contributed by atoms with Gasteiger partial charge < -0.3 is 14.8 Å². The van der Waals surface area contributed by atoms with E-state index in [0.29, 0.717) is 11.8 Å². The van der Waals surface area contributed by atoms with Crippen molar-refractivity contribution in [3.8, 4) is 11.8 Å². The Morgan fingerprint density at radius 2 is 1.90 bits per heavy atom. The van der Waals surface area contributed by atoms with E-state index in [1.54, 1.807) is 20.4 Å². The Morgan fingerprint density at radius 1 is 1.14 bits per heavy atom. The number of nitrogens with zero attached hydrogens (tertiary/aromatic N) is 2. The zero-order valence-corrected chi connectivity index (χ0v) is 12.7. The third kappa shape index (κ3) is 3.92. The second-order valence-electron chi connectivity index (χ2n) is 4.61. The Hall–Kier alpha value is -2.14. The van der Waals surface area contributed by atoms with Gasteiger partial charge in [-0.2, -0.15) is 4.98 Å². The molecule has 0 aliphatic rings. The average molecular weight is 287 g/mol. The van der Waals surface area contributed by atoms with Crippen molar-refractivity contribution in [1.82, 2.24) is 15.3 Å². The van der Waals surface area contributed by atoms with E-state index < -0.39 is 0 Å². The summed E-state index contributed by atoms with van der Waals surface area (Å²) < 4.78 is 10.5. The first-order valence-electron chi connectivity index (χ1n) is 7.00. The number of ether oxygens (including phenoxy) is 2. The molecule has 1 atom stereocenters. The third-order valence-corrected chi connectivity index (χ3v) is 3.21. The quantitative estimate of drug-likeness (QED) is 0.847. The van der Waals surface area contributed by atoms with Crippen LogP contribution in [0.2, 0.25) is 0 Å². The van der Waals surface area contributed by atoms with Gasteiger partial charge in [-0.25, -0.2) is 4.98 Å². The van der Waals surface area contributed by atoms with Crippen LogP contribution < -0.4 is 14.8 Å². The molecule has 0 amide bonds. The maximum Gasteiger partial charge on any atom is 0.240 e. The first kappa shape index (κ1) is 15.3. The molecule has 0 spiro atoms. The summed E-state index contributed by atoms with van der Waals surface area (Å²) in [6.07, 6.45) is 2.44. The monoisotopic (exact) mass is 287 g/mol. The van der Waals surface area contributed by atoms with Gasteiger partial charge in [-0.15, -0.1) is 0 Å². The van der Waals surface area contributed by atoms with Crippen LogP contribution in [0.3, 0.4) is 0 Å². The van der Waals surface area contributed by atoms with E-state index in [1.165, 1.54) is 5.56 Å². The van der Waals surface area contributed by atoms with E-state index in [0.717, 1.165) is 18.7 Å². The lowest BCUT2D eigenvalue weighted by atomic mass is 10.0. The molecule has 0 saturated carbocycles. The van der Waals surface area contributed by atoms with Gasteiger partial charge in [-0.05, 0) is 18.5 Å². The van der Waals surface area contributed by atoms with Crippen molar-refractivity contribution >= 4 is 0 Å². The minimum absolute atomic E-state index is 0.0470. The lowest BCUT2D eigenvalue weighted by Gasteiger charge is -2.19. The zero-order valence-electron chi connectivity index (χ0n) is 12.7. The Bertz CT molecular complexity index is 561. The van der Waals surface area contributed by atoms with Crippen molar-refractivity contribution < 1.29 is 9.47 Å². The Kier molecular flexibility index (Phi) is 5.51. The van der Waals surface area contributed by atoms with E-state index >= 15 is 0 Å². The van der Waals surface area contributed by atoms with Gasteiger partial charge in [-0.1, -0.05) is 37.3 Å². The second kappa shape index (κ2) is 7.59. The number of rotatable bonds is 7. The van der Waals surface area contributed by atoms with Crippen molar-refractivity contribution in [3.05, 3.63) is 47.8 Å². The normalized spacial score (nSPS) is 12.0. The summed E-state index contributed by atoms with van der Waals surface area (Å²) in [6.45, 7) is 2.91. The summed E-state index contributed by atoms with van der Waals surface area (Å²) in [4.78, 5) is 8.77. The average Bonchev–Trinajstić information content (AvgIpc) is 2.55. The summed E-state index contributed by atoms with van der Waals surface area (Å²) >= 11 is 0. The third-order valence-electron chi connectivity index (χ3n) is 3.21. The number of methoxy groups -OCH3 is 2. The van der Waals surface area contributed by atoms with Crippen LogP contribution in [-0.4, -0.2) is 30.7 Å². The van der Waals surface area contributed by atoms with Crippen LogP contribution in [0.4, 0.5) is 0 Å². The second-order valence-corrected chi connectivity index (χ2v) is 4.61. The first-order valence-corrected chi connectivity index (χ1v) is 7.00. The topological polar surface area (TPSA) is 56.3 Å². The molecule has 0 saturated heterocycles. The molecule has 5 nitrogen and oxygen atoms in total. The Balaban J connectivity index is 2.29. The molecule has 21 heavy (non-hydrogen) atoms. The van der Waals surface area contributed by atoms with Crippen LogP contribution in [0, 0.1) is 0 Å². The highest BCUT2D eigenvalue weighted by molar-refractivity contribution is 5.28. The largest absolute Gasteiger partial charge is 0.480 e. The van der Waals surface area contributed by atoms with Crippen LogP contribution in [0.5, 0.6) is 11.8 Å². The highest BCUT2D eigenvalue weighted by Crippen LogP contribution is 2.25. The van der Waals surface area contributed by atoms with Gasteiger partial charge in [0.05, 0.1) is 26.5 Å². The van der Waals surface area contributed by atoms with Gasteiger partial charge in [0.2, 0.25) is 11.8 Å². The number of nitrogens with one attached hydrogen (secondary N) is 1. The van der Waals surface area contributed by atoms with Crippen molar-refractivity contribution in [2.45, 2.75) is 19.4 Å². The predicted octanol–water partition coefficient (Wildman–Crippen LogP) is 2.39. The maximum atomic E-state index is 5.36. The summed E-state index contributed by atoms with van der Waals surface area (Å²) in [7, 11) is 3.16. The van der Waals surface area contributed by atoms with E-state index in [1.807, 2.05) is 18.2 Å². The molecule has 2 rings (SSSR count). The maximum absolute atomic E-state index is 5.36. The highest BCUT2D eigenvalue weighted by atomic mass is 16.5. The molecule has 0 bridgehead atoms. The van der Waals surface area contributed by atoms with E-state index in [-0.39, 0.29) is 6.04 Å². The number of aromatic nitrogens is 2. The zero-order chi connectivity index (χ0) is 15.1. The Labute approximate surface area is 125 Å². The molecule has 1 N–H and O–H groups in total. The summed E-state index contributed by atoms with van der Waals surface area (Å²) in [5, 5.41) is 3.44. The molecule has 5 heteroatoms. The number of hydrogen-bond donors (Lipinski definition) is 1. The number of benzene rings is 1. The minimum Gasteiger partial charge on any atom is -0.480 e. The van der Waals surface area contributed by atoms with E-state index in [4.69, 9.17) is 9.47 Å². The minimum atomic E-state index is 0.0470. The van der Waals surface area contributed by atoms with Crippen LogP contribution in [0.1, 0.15) is 24.2 Å². The molecular formula is C16H21N3O2. The fourth-order valence-corrected chi connectivity index (χ4v) is 2.22. The van der Waals surface area contributed by atoms with Crippen molar-refractivity contribution in [2.75, 3.05) is 20.8 Å². The lowest BCUT2D eigenvalue weighted by Crippen LogP contribution is -2.25. The molecule has 1 unspecified atom stereocenters. The van der Waals surface area contributed by atoms with E-state index in [2.05, 4.69) is 34.3 Å². The number of hydrogen-bond acceptors (Lipinski definition) is 5. The van der Waals surface area contributed by atoms with Crippen LogP contribution >= 0.6 is 0 Å². The lowest BCUT2D eigenvalue weighted by molar-refractivity contribution is 0.349. The predicted molar refractivity (Wildman–Crippen MR) is 81.7 cm³/mol. The van der Waals surface area contributed by atoms with Crippen LogP contribution in [0.15, 0.2) is 36.5 Å². The van der Waals surface area contributed by atoms with Gasteiger partial charge >= 0.3 is 0 Å². The SMILES string of the molecule is CCNC(Cc1ccccc1)c1ncc(OC)nc1OC. The molecule has 1 heterocycles. The Morgan fingerprint density at radius 3 is 2.52 bits per heavy atom. The van der Waals surface area contributed by atoms with Gasteiger partial charge in [0.1, 0.15) is 5.69 Å². The summed E-state index contributed by atoms with van der Waals surface area (Å²) in [5.41, 5.74) is 2.03. The van der Waals surface area contributed by atoms with Crippen molar-refractivity contribution in [3.63, 3.8) is 0 Å². The summed E-state index contributed by atoms with van der Waals surface area (Å²) in [5.74, 6) is 0.946. The molecule has 0 aliphatic carbocycles. The van der Waals surface area contributed by atoms with Gasteiger partial charge in [0.15, 0.2) is 0 Å². The molecule has 1 aromatic heterocycles. The standard InChI is InChI=1S/C16H21N3O2/c1-4-17-13(10-12-8-6-5-7-9-12)15-16(21-3)19-14(20-2)11-18-15/h5-9,11,13,17H,4,10H2,1-3H3. The van der Waals surface area contributed by atoms with Crippen LogP contribution in [0.25, 0.3) is 0 Å². The smallest absolute Gasteiger partial charge is 0.240 e. The molecule has 1 aromatic carbocycles. The van der Waals surface area contributed by atoms with Crippen molar-refractivity contribution in [1.29, 1.82) is 0 Å². The molecular weight excluding hydrogens is 266 g/mol. The fraction of sp³-hybridized carbons (Fsp3) is 0.375. The van der Waals surface area contributed by atoms with Gasteiger partial charge in [0.25, 0.3) is 0 Å². The highest BCUT2D eigenvalue weighted by Gasteiger charge is 2.19. The number of likely N-dealkylation sites (N-methyl/N-ethyl adjacent to an activating group) is 1. The van der Waals surface area contributed by atoms with E-state index in [9.17, 15) is 0 Å². The van der Waals surface area contributed by atoms with Gasteiger partial charge in [-0.3, -0.25) is 0 Å². The first-order chi connectivity index (χ1) is 10.3. The van der Waals surface area contributed by atoms with Crippen molar-refractivity contribution in [2.24, 2.45) is 0 Å². The fourth-order valence-electron chi connectivity index (χ4n) is 2.22. The molecule has 0 radical (unpaired) electrons. The van der Waals surface area contributed by atoms with Crippen LogP contribution in [-0.2, 0) is 6.42 Å². The molecule has 2 aromatic rings. The summed E-state index contributed by atoms with van der Waals surface area (Å²) in [6, 6.07) is 10.3.